The quantitative estimate of drug-likeness (QED) is 0.746. The van der Waals surface area contributed by atoms with Crippen molar-refractivity contribution < 1.29 is 8.42 Å². The maximum Gasteiger partial charge on any atom is 0.263 e. The number of rotatable bonds is 3. The highest BCUT2D eigenvalue weighted by molar-refractivity contribution is 9.10. The zero-order chi connectivity index (χ0) is 14.9. The van der Waals surface area contributed by atoms with Crippen molar-refractivity contribution in [3.05, 3.63) is 45.0 Å². The van der Waals surface area contributed by atoms with E-state index in [2.05, 4.69) is 41.6 Å². The number of nitrogens with zero attached hydrogens (tertiary/aromatic N) is 1. The van der Waals surface area contributed by atoms with Crippen LogP contribution in [0.3, 0.4) is 0 Å². The van der Waals surface area contributed by atoms with Crippen LogP contribution in [0.25, 0.3) is 0 Å². The number of benzene rings is 1. The van der Waals surface area contributed by atoms with Gasteiger partial charge in [-0.15, -0.1) is 0 Å². The molecule has 3 N–H and O–H groups in total. The third-order valence-corrected chi connectivity index (χ3v) is 5.42. The second kappa shape index (κ2) is 5.71. The normalized spacial score (nSPS) is 11.3. The Morgan fingerprint density at radius 2 is 1.85 bits per heavy atom. The minimum absolute atomic E-state index is 0.112. The largest absolute Gasteiger partial charge is 0.398 e. The van der Waals surface area contributed by atoms with E-state index in [1.165, 1.54) is 18.2 Å². The summed E-state index contributed by atoms with van der Waals surface area (Å²) in [6, 6.07) is 7.73. The molecule has 20 heavy (non-hydrogen) atoms. The van der Waals surface area contributed by atoms with Gasteiger partial charge in [0.25, 0.3) is 10.0 Å². The van der Waals surface area contributed by atoms with Gasteiger partial charge in [-0.05, 0) is 69.1 Å². The number of anilines is 2. The number of hydrogen-bond acceptors (Lipinski definition) is 4. The zero-order valence-electron chi connectivity index (χ0n) is 10.4. The monoisotopic (exact) mass is 419 g/mol. The van der Waals surface area contributed by atoms with E-state index in [4.69, 9.17) is 5.73 Å². The third-order valence-electron chi connectivity index (χ3n) is 2.54. The number of aromatic nitrogens is 1. The van der Waals surface area contributed by atoms with Crippen molar-refractivity contribution in [2.45, 2.75) is 11.8 Å². The number of nitrogens with one attached hydrogen (secondary N) is 1. The average molecular weight is 421 g/mol. The van der Waals surface area contributed by atoms with E-state index in [9.17, 15) is 8.42 Å². The van der Waals surface area contributed by atoms with Gasteiger partial charge in [0.15, 0.2) is 0 Å². The first kappa shape index (κ1) is 15.3. The van der Waals surface area contributed by atoms with Crippen LogP contribution in [-0.2, 0) is 10.0 Å². The molecule has 0 aliphatic heterocycles. The van der Waals surface area contributed by atoms with E-state index in [0.29, 0.717) is 15.9 Å². The van der Waals surface area contributed by atoms with Crippen LogP contribution in [0.4, 0.5) is 11.5 Å². The molecule has 8 heteroatoms. The van der Waals surface area contributed by atoms with Crippen molar-refractivity contribution in [1.82, 2.24) is 4.98 Å². The Kier molecular flexibility index (Phi) is 4.36. The van der Waals surface area contributed by atoms with Crippen molar-refractivity contribution >= 4 is 53.4 Å². The topological polar surface area (TPSA) is 85.1 Å². The van der Waals surface area contributed by atoms with E-state index in [-0.39, 0.29) is 10.7 Å². The van der Waals surface area contributed by atoms with Gasteiger partial charge in [-0.3, -0.25) is 4.72 Å². The molecule has 0 unspecified atom stereocenters. The standard InChI is InChI=1S/C12H11Br2N3O2S/c1-7-9(13)3-5-12(16-7)17-20(18,19)8-2-4-11(15)10(14)6-8/h2-6H,15H2,1H3,(H,16,17). The van der Waals surface area contributed by atoms with E-state index in [1.54, 1.807) is 19.1 Å². The van der Waals surface area contributed by atoms with Crippen LogP contribution < -0.4 is 10.5 Å². The fourth-order valence-corrected chi connectivity index (χ4v) is 3.25. The molecular weight excluding hydrogens is 410 g/mol. The summed E-state index contributed by atoms with van der Waals surface area (Å²) in [5.74, 6) is 0.263. The molecule has 5 nitrogen and oxygen atoms in total. The summed E-state index contributed by atoms with van der Waals surface area (Å²) >= 11 is 6.52. The van der Waals surface area contributed by atoms with Gasteiger partial charge in [0.1, 0.15) is 5.82 Å². The molecule has 0 aliphatic rings. The molecule has 0 aliphatic carbocycles. The van der Waals surface area contributed by atoms with Gasteiger partial charge in [0.05, 0.1) is 10.6 Å². The van der Waals surface area contributed by atoms with Crippen molar-refractivity contribution in [1.29, 1.82) is 0 Å². The van der Waals surface area contributed by atoms with Gasteiger partial charge in [-0.1, -0.05) is 0 Å². The summed E-state index contributed by atoms with van der Waals surface area (Å²) in [7, 11) is -3.70. The van der Waals surface area contributed by atoms with Crippen LogP contribution in [0.2, 0.25) is 0 Å². The summed E-state index contributed by atoms with van der Waals surface area (Å²) in [6.45, 7) is 1.78. The lowest BCUT2D eigenvalue weighted by molar-refractivity contribution is 0.601. The highest BCUT2D eigenvalue weighted by Gasteiger charge is 2.16. The molecule has 0 fully saturated rings. The molecule has 106 valence electrons. The van der Waals surface area contributed by atoms with Gasteiger partial charge >= 0.3 is 0 Å². The van der Waals surface area contributed by atoms with Crippen LogP contribution >= 0.6 is 31.9 Å². The summed E-state index contributed by atoms with van der Waals surface area (Å²) < 4.78 is 28.2. The summed E-state index contributed by atoms with van der Waals surface area (Å²) in [4.78, 5) is 4.26. The van der Waals surface area contributed by atoms with E-state index < -0.39 is 10.0 Å². The number of aryl methyl sites for hydroxylation is 1. The number of nitrogens with two attached hydrogens (primary N) is 1. The Morgan fingerprint density at radius 1 is 1.15 bits per heavy atom. The zero-order valence-corrected chi connectivity index (χ0v) is 14.4. The van der Waals surface area contributed by atoms with E-state index in [1.807, 2.05) is 0 Å². The first-order valence-electron chi connectivity index (χ1n) is 5.50. The van der Waals surface area contributed by atoms with Gasteiger partial charge in [-0.2, -0.15) is 0 Å². The smallest absolute Gasteiger partial charge is 0.263 e. The minimum atomic E-state index is -3.70. The predicted octanol–water partition coefficient (Wildman–Crippen LogP) is 3.30. The molecule has 1 heterocycles. The molecule has 2 aromatic rings. The minimum Gasteiger partial charge on any atom is -0.398 e. The maximum atomic E-state index is 12.2. The molecule has 0 radical (unpaired) electrons. The molecule has 0 atom stereocenters. The Labute approximate surface area is 133 Å². The Bertz CT molecular complexity index is 763. The van der Waals surface area contributed by atoms with Gasteiger partial charge < -0.3 is 5.73 Å². The molecule has 0 spiro atoms. The van der Waals surface area contributed by atoms with Crippen LogP contribution in [0.15, 0.2) is 44.2 Å². The maximum absolute atomic E-state index is 12.2. The second-order valence-electron chi connectivity index (χ2n) is 4.05. The van der Waals surface area contributed by atoms with Gasteiger partial charge in [-0.25, -0.2) is 13.4 Å². The number of nitrogen functional groups attached to an aromatic ring is 1. The molecule has 1 aromatic carbocycles. The first-order valence-corrected chi connectivity index (χ1v) is 8.57. The highest BCUT2D eigenvalue weighted by atomic mass is 79.9. The molecule has 0 saturated carbocycles. The lowest BCUT2D eigenvalue weighted by Crippen LogP contribution is -2.14. The van der Waals surface area contributed by atoms with Crippen LogP contribution in [-0.4, -0.2) is 13.4 Å². The molecule has 1 aromatic heterocycles. The molecule has 0 amide bonds. The number of pyridine rings is 1. The number of halogens is 2. The Balaban J connectivity index is 2.35. The predicted molar refractivity (Wildman–Crippen MR) is 86.0 cm³/mol. The molecule has 2 rings (SSSR count). The van der Waals surface area contributed by atoms with Gasteiger partial charge in [0.2, 0.25) is 0 Å². The molecule has 0 saturated heterocycles. The Hall–Kier alpha value is -1.12. The fourth-order valence-electron chi connectivity index (χ4n) is 1.47. The molecule has 0 bridgehead atoms. The van der Waals surface area contributed by atoms with Crippen molar-refractivity contribution in [2.75, 3.05) is 10.5 Å². The fraction of sp³-hybridized carbons (Fsp3) is 0.0833. The number of sulfonamides is 1. The molecular formula is C12H11Br2N3O2S. The first-order chi connectivity index (χ1) is 9.29. The summed E-state index contributed by atoms with van der Waals surface area (Å²) in [5, 5.41) is 0. The van der Waals surface area contributed by atoms with Crippen molar-refractivity contribution in [2.24, 2.45) is 0 Å². The number of hydrogen-bond donors (Lipinski definition) is 2. The lowest BCUT2D eigenvalue weighted by atomic mass is 10.3. The third kappa shape index (κ3) is 3.31. The van der Waals surface area contributed by atoms with Gasteiger partial charge in [0, 0.05) is 14.6 Å². The van der Waals surface area contributed by atoms with Crippen molar-refractivity contribution in [3.8, 4) is 0 Å². The highest BCUT2D eigenvalue weighted by Crippen LogP contribution is 2.24. The van der Waals surface area contributed by atoms with Crippen LogP contribution in [0, 0.1) is 6.92 Å². The van der Waals surface area contributed by atoms with E-state index >= 15 is 0 Å². The van der Waals surface area contributed by atoms with Crippen LogP contribution in [0.1, 0.15) is 5.69 Å². The van der Waals surface area contributed by atoms with Crippen molar-refractivity contribution in [3.63, 3.8) is 0 Å². The lowest BCUT2D eigenvalue weighted by Gasteiger charge is -2.09. The summed E-state index contributed by atoms with van der Waals surface area (Å²) in [6.07, 6.45) is 0. The van der Waals surface area contributed by atoms with E-state index in [0.717, 1.165) is 4.47 Å². The Morgan fingerprint density at radius 3 is 2.45 bits per heavy atom. The van der Waals surface area contributed by atoms with Crippen LogP contribution in [0.5, 0.6) is 0 Å². The average Bonchev–Trinajstić information content (AvgIpc) is 2.37. The SMILES string of the molecule is Cc1nc(NS(=O)(=O)c2ccc(N)c(Br)c2)ccc1Br. The summed E-state index contributed by atoms with van der Waals surface area (Å²) in [5.41, 5.74) is 6.81. The second-order valence-corrected chi connectivity index (χ2v) is 7.44.